The van der Waals surface area contributed by atoms with Crippen LogP contribution in [0, 0.1) is 0 Å². The van der Waals surface area contributed by atoms with Gasteiger partial charge in [-0.15, -0.1) is 0 Å². The van der Waals surface area contributed by atoms with Gasteiger partial charge < -0.3 is 29.4 Å². The van der Waals surface area contributed by atoms with E-state index in [1.54, 1.807) is 7.11 Å². The normalized spacial score (nSPS) is 24.7. The first kappa shape index (κ1) is 24.5. The van der Waals surface area contributed by atoms with Gasteiger partial charge in [-0.1, -0.05) is 91.0 Å². The van der Waals surface area contributed by atoms with Crippen molar-refractivity contribution in [2.75, 3.05) is 13.7 Å². The number of nitrogens with two attached hydrogens (primary N) is 1. The van der Waals surface area contributed by atoms with Gasteiger partial charge in [0.05, 0.1) is 32.5 Å². The second-order valence-electron chi connectivity index (χ2n) is 8.38. The van der Waals surface area contributed by atoms with Crippen molar-refractivity contribution in [3.63, 3.8) is 0 Å². The van der Waals surface area contributed by atoms with Gasteiger partial charge in [0.2, 0.25) is 0 Å². The van der Waals surface area contributed by atoms with Crippen LogP contribution in [0.1, 0.15) is 16.7 Å². The lowest BCUT2D eigenvalue weighted by molar-refractivity contribution is -0.280. The molecule has 5 atom stereocenters. The molecule has 1 aliphatic heterocycles. The third-order valence-corrected chi connectivity index (χ3v) is 5.89. The highest BCUT2D eigenvalue weighted by Gasteiger charge is 2.46. The molecule has 0 aromatic heterocycles. The van der Waals surface area contributed by atoms with E-state index in [1.165, 1.54) is 0 Å². The molecule has 3 aromatic carbocycles. The second kappa shape index (κ2) is 12.8. The summed E-state index contributed by atoms with van der Waals surface area (Å²) >= 11 is 0. The lowest BCUT2D eigenvalue weighted by atomic mass is 9.96. The maximum atomic E-state index is 6.54. The van der Waals surface area contributed by atoms with Crippen molar-refractivity contribution in [3.8, 4) is 0 Å². The van der Waals surface area contributed by atoms with Crippen LogP contribution in [-0.2, 0) is 43.5 Å². The highest BCUT2D eigenvalue weighted by atomic mass is 16.7. The molecule has 0 aliphatic carbocycles. The maximum absolute atomic E-state index is 6.54. The van der Waals surface area contributed by atoms with Crippen LogP contribution in [0.3, 0.4) is 0 Å². The smallest absolute Gasteiger partial charge is 0.175 e. The van der Waals surface area contributed by atoms with Crippen LogP contribution in [0.15, 0.2) is 91.0 Å². The van der Waals surface area contributed by atoms with Crippen molar-refractivity contribution >= 4 is 0 Å². The quantitative estimate of drug-likeness (QED) is 0.462. The van der Waals surface area contributed by atoms with Crippen molar-refractivity contribution in [2.24, 2.45) is 5.73 Å². The van der Waals surface area contributed by atoms with E-state index >= 15 is 0 Å². The Labute approximate surface area is 201 Å². The van der Waals surface area contributed by atoms with E-state index in [4.69, 9.17) is 29.4 Å². The minimum atomic E-state index is -0.623. The van der Waals surface area contributed by atoms with Gasteiger partial charge in [-0.3, -0.25) is 0 Å². The Bertz CT molecular complexity index is 956. The second-order valence-corrected chi connectivity index (χ2v) is 8.38. The molecule has 1 heterocycles. The monoisotopic (exact) mass is 463 g/mol. The molecule has 0 radical (unpaired) electrons. The Kier molecular flexibility index (Phi) is 9.21. The molecule has 6 nitrogen and oxygen atoms in total. The zero-order valence-electron chi connectivity index (χ0n) is 19.5. The molecule has 34 heavy (non-hydrogen) atoms. The Morgan fingerprint density at radius 3 is 1.65 bits per heavy atom. The van der Waals surface area contributed by atoms with Gasteiger partial charge in [0.25, 0.3) is 0 Å². The van der Waals surface area contributed by atoms with Crippen LogP contribution < -0.4 is 5.73 Å². The number of methoxy groups -OCH3 is 1. The molecule has 1 aliphatic rings. The van der Waals surface area contributed by atoms with Gasteiger partial charge in [0, 0.05) is 7.11 Å². The average Bonchev–Trinajstić information content (AvgIpc) is 2.89. The van der Waals surface area contributed by atoms with Crippen molar-refractivity contribution in [1.29, 1.82) is 0 Å². The van der Waals surface area contributed by atoms with Crippen molar-refractivity contribution in [1.82, 2.24) is 0 Å². The third kappa shape index (κ3) is 6.73. The topological polar surface area (TPSA) is 72.2 Å². The molecule has 0 spiro atoms. The summed E-state index contributed by atoms with van der Waals surface area (Å²) in [5.74, 6) is 0. The minimum Gasteiger partial charge on any atom is -0.374 e. The highest BCUT2D eigenvalue weighted by Crippen LogP contribution is 2.27. The largest absolute Gasteiger partial charge is 0.374 e. The summed E-state index contributed by atoms with van der Waals surface area (Å²) < 4.78 is 30.5. The highest BCUT2D eigenvalue weighted by molar-refractivity contribution is 5.15. The van der Waals surface area contributed by atoms with Gasteiger partial charge in [0.15, 0.2) is 6.29 Å². The van der Waals surface area contributed by atoms with Crippen molar-refractivity contribution in [2.45, 2.75) is 50.5 Å². The molecule has 3 aromatic rings. The summed E-state index contributed by atoms with van der Waals surface area (Å²) in [6.07, 6.45) is -1.89. The van der Waals surface area contributed by atoms with E-state index in [0.29, 0.717) is 26.4 Å². The number of benzene rings is 3. The fourth-order valence-electron chi connectivity index (χ4n) is 4.08. The van der Waals surface area contributed by atoms with Gasteiger partial charge in [0.1, 0.15) is 18.3 Å². The van der Waals surface area contributed by atoms with E-state index in [1.807, 2.05) is 91.0 Å². The van der Waals surface area contributed by atoms with Gasteiger partial charge in [-0.05, 0) is 16.7 Å². The summed E-state index contributed by atoms with van der Waals surface area (Å²) in [4.78, 5) is 0. The Balaban J connectivity index is 1.48. The fourth-order valence-corrected chi connectivity index (χ4v) is 4.08. The van der Waals surface area contributed by atoms with Crippen LogP contribution >= 0.6 is 0 Å². The standard InChI is InChI=1S/C28H33NO5/c1-30-28-25(29)27(33-19-23-15-9-4-10-16-23)26(32-18-22-13-7-3-8-14-22)24(34-28)20-31-17-21-11-5-2-6-12-21/h2-16,24-28H,17-20,29H2,1H3/t24-,25-,26-,27-,28-/m1/s1. The molecule has 4 rings (SSSR count). The SMILES string of the molecule is CO[C@@H]1O[C@H](COCc2ccccc2)[C@@H](OCc2ccccc2)[C@H](OCc2ccccc2)[C@H]1N. The first-order chi connectivity index (χ1) is 16.7. The Morgan fingerprint density at radius 1 is 0.676 bits per heavy atom. The molecular weight excluding hydrogens is 430 g/mol. The van der Waals surface area contributed by atoms with E-state index in [2.05, 4.69) is 0 Å². The lowest BCUT2D eigenvalue weighted by Crippen LogP contribution is -2.63. The molecule has 0 saturated carbocycles. The van der Waals surface area contributed by atoms with E-state index in [-0.39, 0.29) is 0 Å². The summed E-state index contributed by atoms with van der Waals surface area (Å²) in [5.41, 5.74) is 9.77. The van der Waals surface area contributed by atoms with E-state index in [0.717, 1.165) is 16.7 Å². The summed E-state index contributed by atoms with van der Waals surface area (Å²) in [6.45, 7) is 1.63. The summed E-state index contributed by atoms with van der Waals surface area (Å²) in [7, 11) is 1.59. The van der Waals surface area contributed by atoms with Crippen LogP contribution in [0.5, 0.6) is 0 Å². The van der Waals surface area contributed by atoms with Crippen LogP contribution in [-0.4, -0.2) is 44.4 Å². The molecule has 0 amide bonds. The van der Waals surface area contributed by atoms with Crippen LogP contribution in [0.2, 0.25) is 0 Å². The Hall–Kier alpha value is -2.58. The van der Waals surface area contributed by atoms with E-state index < -0.39 is 30.6 Å². The zero-order valence-corrected chi connectivity index (χ0v) is 19.5. The minimum absolute atomic E-state index is 0.326. The van der Waals surface area contributed by atoms with Crippen molar-refractivity contribution < 1.29 is 23.7 Å². The molecule has 180 valence electrons. The summed E-state index contributed by atoms with van der Waals surface area (Å²) in [6, 6.07) is 29.6. The molecule has 1 fully saturated rings. The zero-order chi connectivity index (χ0) is 23.6. The first-order valence-corrected chi connectivity index (χ1v) is 11.6. The Morgan fingerprint density at radius 2 is 1.15 bits per heavy atom. The lowest BCUT2D eigenvalue weighted by Gasteiger charge is -2.44. The fraction of sp³-hybridized carbons (Fsp3) is 0.357. The number of rotatable bonds is 11. The van der Waals surface area contributed by atoms with Gasteiger partial charge >= 0.3 is 0 Å². The third-order valence-electron chi connectivity index (χ3n) is 5.89. The van der Waals surface area contributed by atoms with Crippen molar-refractivity contribution in [3.05, 3.63) is 108 Å². The number of hydrogen-bond donors (Lipinski definition) is 1. The molecule has 2 N–H and O–H groups in total. The molecule has 1 saturated heterocycles. The molecular formula is C28H33NO5. The predicted octanol–water partition coefficient (Wildman–Crippen LogP) is 4.07. The summed E-state index contributed by atoms with van der Waals surface area (Å²) in [5, 5.41) is 0. The molecule has 0 bridgehead atoms. The van der Waals surface area contributed by atoms with Crippen LogP contribution in [0.25, 0.3) is 0 Å². The molecule has 0 unspecified atom stereocenters. The van der Waals surface area contributed by atoms with E-state index in [9.17, 15) is 0 Å². The van der Waals surface area contributed by atoms with Crippen LogP contribution in [0.4, 0.5) is 0 Å². The first-order valence-electron chi connectivity index (χ1n) is 11.6. The average molecular weight is 464 g/mol. The number of hydrogen-bond acceptors (Lipinski definition) is 6. The van der Waals surface area contributed by atoms with Gasteiger partial charge in [-0.2, -0.15) is 0 Å². The molecule has 6 heteroatoms. The van der Waals surface area contributed by atoms with Gasteiger partial charge in [-0.25, -0.2) is 0 Å². The predicted molar refractivity (Wildman–Crippen MR) is 130 cm³/mol. The maximum Gasteiger partial charge on any atom is 0.175 e. The number of ether oxygens (including phenoxy) is 5.